The molecule has 0 bridgehead atoms. The molecule has 20 heavy (non-hydrogen) atoms. The molecule has 2 N–H and O–H groups in total. The second kappa shape index (κ2) is 6.29. The third-order valence-corrected chi connectivity index (χ3v) is 3.20. The van der Waals surface area contributed by atoms with Crippen molar-refractivity contribution in [3.63, 3.8) is 0 Å². The van der Waals surface area contributed by atoms with Gasteiger partial charge in [0.25, 0.3) is 0 Å². The van der Waals surface area contributed by atoms with Gasteiger partial charge >= 0.3 is 5.69 Å². The molecule has 0 saturated heterocycles. The Morgan fingerprint density at radius 3 is 2.90 bits per heavy atom. The molecule has 2 rings (SSSR count). The van der Waals surface area contributed by atoms with Crippen LogP contribution in [0.2, 0.25) is 0 Å². The maximum absolute atomic E-state index is 11.1. The number of para-hydroxylation sites is 1. The summed E-state index contributed by atoms with van der Waals surface area (Å²) in [5.41, 5.74) is 1.18. The van der Waals surface area contributed by atoms with E-state index in [1.165, 1.54) is 6.20 Å². The molecule has 0 aliphatic carbocycles. The van der Waals surface area contributed by atoms with E-state index in [9.17, 15) is 10.1 Å². The molecule has 1 atom stereocenters. The summed E-state index contributed by atoms with van der Waals surface area (Å²) < 4.78 is 0. The SMILES string of the molecule is CC(CCO)CNc1c([N+](=O)[O-])cnc2ccccc12. The van der Waals surface area contributed by atoms with Gasteiger partial charge in [0.05, 0.1) is 10.4 Å². The molecular formula is C14H17N3O3. The minimum Gasteiger partial charge on any atom is -0.396 e. The van der Waals surface area contributed by atoms with Gasteiger partial charge in [-0.25, -0.2) is 4.98 Å². The van der Waals surface area contributed by atoms with Gasteiger partial charge in [-0.15, -0.1) is 0 Å². The molecule has 1 aromatic heterocycles. The van der Waals surface area contributed by atoms with Crippen molar-refractivity contribution in [2.75, 3.05) is 18.5 Å². The van der Waals surface area contributed by atoms with Crippen LogP contribution in [0, 0.1) is 16.0 Å². The number of rotatable bonds is 6. The molecule has 0 spiro atoms. The molecule has 0 fully saturated rings. The molecule has 2 aromatic rings. The van der Waals surface area contributed by atoms with Gasteiger partial charge in [-0.3, -0.25) is 10.1 Å². The Balaban J connectivity index is 2.37. The Hall–Kier alpha value is -2.21. The first-order valence-electron chi connectivity index (χ1n) is 6.50. The van der Waals surface area contributed by atoms with Crippen molar-refractivity contribution in [1.29, 1.82) is 0 Å². The number of benzene rings is 1. The van der Waals surface area contributed by atoms with Gasteiger partial charge in [-0.1, -0.05) is 25.1 Å². The first kappa shape index (κ1) is 14.2. The standard InChI is InChI=1S/C14H17N3O3/c1-10(6-7-18)8-16-14-11-4-2-3-5-12(11)15-9-13(14)17(19)20/h2-5,9-10,18H,6-8H2,1H3,(H,15,16). The average Bonchev–Trinajstić information content (AvgIpc) is 2.44. The number of nitrogens with zero attached hydrogens (tertiary/aromatic N) is 2. The molecule has 0 radical (unpaired) electrons. The fourth-order valence-corrected chi connectivity index (χ4v) is 2.05. The van der Waals surface area contributed by atoms with Crippen LogP contribution in [0.4, 0.5) is 11.4 Å². The molecule has 0 aliphatic heterocycles. The highest BCUT2D eigenvalue weighted by molar-refractivity contribution is 5.95. The van der Waals surface area contributed by atoms with E-state index in [0.717, 1.165) is 10.9 Å². The van der Waals surface area contributed by atoms with Gasteiger partial charge in [0.1, 0.15) is 11.9 Å². The number of hydrogen-bond donors (Lipinski definition) is 2. The number of fused-ring (bicyclic) bond motifs is 1. The van der Waals surface area contributed by atoms with Crippen molar-refractivity contribution in [3.05, 3.63) is 40.6 Å². The monoisotopic (exact) mass is 275 g/mol. The number of aliphatic hydroxyl groups excluding tert-OH is 1. The lowest BCUT2D eigenvalue weighted by Crippen LogP contribution is -2.14. The van der Waals surface area contributed by atoms with E-state index in [1.54, 1.807) is 0 Å². The lowest BCUT2D eigenvalue weighted by molar-refractivity contribution is -0.384. The van der Waals surface area contributed by atoms with Gasteiger partial charge in [0, 0.05) is 18.5 Å². The fourth-order valence-electron chi connectivity index (χ4n) is 2.05. The zero-order valence-corrected chi connectivity index (χ0v) is 11.2. The minimum absolute atomic E-state index is 0.0279. The quantitative estimate of drug-likeness (QED) is 0.625. The number of aromatic nitrogens is 1. The average molecular weight is 275 g/mol. The Bertz CT molecular complexity index is 616. The molecule has 0 saturated carbocycles. The van der Waals surface area contributed by atoms with Crippen LogP contribution in [0.3, 0.4) is 0 Å². The van der Waals surface area contributed by atoms with E-state index in [0.29, 0.717) is 18.7 Å². The number of aliphatic hydroxyl groups is 1. The highest BCUT2D eigenvalue weighted by Crippen LogP contribution is 2.31. The predicted molar refractivity (Wildman–Crippen MR) is 77.8 cm³/mol. The van der Waals surface area contributed by atoms with Gasteiger partial charge < -0.3 is 10.4 Å². The Labute approximate surface area is 116 Å². The molecule has 1 heterocycles. The van der Waals surface area contributed by atoms with Crippen molar-refractivity contribution in [1.82, 2.24) is 4.98 Å². The third kappa shape index (κ3) is 3.03. The summed E-state index contributed by atoms with van der Waals surface area (Å²) in [5.74, 6) is 0.228. The van der Waals surface area contributed by atoms with Crippen molar-refractivity contribution in [2.45, 2.75) is 13.3 Å². The van der Waals surface area contributed by atoms with Crippen molar-refractivity contribution in [3.8, 4) is 0 Å². The molecule has 1 aromatic carbocycles. The summed E-state index contributed by atoms with van der Waals surface area (Å²) in [5, 5.41) is 23.9. The van der Waals surface area contributed by atoms with Gasteiger partial charge in [-0.2, -0.15) is 0 Å². The van der Waals surface area contributed by atoms with Crippen LogP contribution in [0.1, 0.15) is 13.3 Å². The lowest BCUT2D eigenvalue weighted by atomic mass is 10.1. The van der Waals surface area contributed by atoms with Crippen LogP contribution in [0.25, 0.3) is 10.9 Å². The minimum atomic E-state index is -0.432. The Kier molecular flexibility index (Phi) is 4.47. The number of pyridine rings is 1. The Morgan fingerprint density at radius 1 is 1.45 bits per heavy atom. The fraction of sp³-hybridized carbons (Fsp3) is 0.357. The van der Waals surface area contributed by atoms with Gasteiger partial charge in [0.15, 0.2) is 0 Å². The maximum Gasteiger partial charge on any atom is 0.311 e. The summed E-state index contributed by atoms with van der Waals surface area (Å²) in [4.78, 5) is 14.8. The molecular weight excluding hydrogens is 258 g/mol. The highest BCUT2D eigenvalue weighted by atomic mass is 16.6. The summed E-state index contributed by atoms with van der Waals surface area (Å²) in [6.45, 7) is 2.66. The molecule has 0 amide bonds. The number of nitrogens with one attached hydrogen (secondary N) is 1. The van der Waals surface area contributed by atoms with E-state index < -0.39 is 4.92 Å². The largest absolute Gasteiger partial charge is 0.396 e. The Morgan fingerprint density at radius 2 is 2.20 bits per heavy atom. The smallest absolute Gasteiger partial charge is 0.311 e. The summed E-state index contributed by atoms with van der Waals surface area (Å²) in [6.07, 6.45) is 1.94. The molecule has 106 valence electrons. The van der Waals surface area contributed by atoms with E-state index in [4.69, 9.17) is 5.11 Å². The highest BCUT2D eigenvalue weighted by Gasteiger charge is 2.18. The van der Waals surface area contributed by atoms with Crippen LogP contribution in [0.5, 0.6) is 0 Å². The van der Waals surface area contributed by atoms with Crippen molar-refractivity contribution in [2.24, 2.45) is 5.92 Å². The second-order valence-electron chi connectivity index (χ2n) is 4.79. The molecule has 0 aliphatic rings. The van der Waals surface area contributed by atoms with E-state index in [-0.39, 0.29) is 18.2 Å². The second-order valence-corrected chi connectivity index (χ2v) is 4.79. The first-order valence-corrected chi connectivity index (χ1v) is 6.50. The van der Waals surface area contributed by atoms with Crippen LogP contribution < -0.4 is 5.32 Å². The van der Waals surface area contributed by atoms with Gasteiger partial charge in [0.2, 0.25) is 0 Å². The zero-order valence-electron chi connectivity index (χ0n) is 11.2. The molecule has 1 unspecified atom stereocenters. The normalized spacial score (nSPS) is 12.3. The lowest BCUT2D eigenvalue weighted by Gasteiger charge is -2.14. The van der Waals surface area contributed by atoms with Gasteiger partial charge in [-0.05, 0) is 18.4 Å². The summed E-state index contributed by atoms with van der Waals surface area (Å²) >= 11 is 0. The van der Waals surface area contributed by atoms with Crippen molar-refractivity contribution < 1.29 is 10.0 Å². The topological polar surface area (TPSA) is 88.3 Å². The third-order valence-electron chi connectivity index (χ3n) is 3.20. The number of nitro groups is 1. The van der Waals surface area contributed by atoms with Crippen LogP contribution in [0.15, 0.2) is 30.5 Å². The molecule has 6 nitrogen and oxygen atoms in total. The first-order chi connectivity index (χ1) is 9.63. The zero-order chi connectivity index (χ0) is 14.5. The number of hydrogen-bond acceptors (Lipinski definition) is 5. The summed E-state index contributed by atoms with van der Waals surface area (Å²) in [6, 6.07) is 7.31. The van der Waals surface area contributed by atoms with Crippen LogP contribution in [-0.2, 0) is 0 Å². The van der Waals surface area contributed by atoms with E-state index in [1.807, 2.05) is 31.2 Å². The van der Waals surface area contributed by atoms with Crippen LogP contribution >= 0.6 is 0 Å². The summed E-state index contributed by atoms with van der Waals surface area (Å²) in [7, 11) is 0. The van der Waals surface area contributed by atoms with Crippen molar-refractivity contribution >= 4 is 22.3 Å². The van der Waals surface area contributed by atoms with E-state index >= 15 is 0 Å². The van der Waals surface area contributed by atoms with E-state index in [2.05, 4.69) is 10.3 Å². The van der Waals surface area contributed by atoms with Crippen LogP contribution in [-0.4, -0.2) is 28.2 Å². The predicted octanol–water partition coefficient (Wildman–Crippen LogP) is 2.57. The maximum atomic E-state index is 11.1. The number of anilines is 1. The molecule has 6 heteroatoms.